The molecule has 1 heterocycles. The molecule has 3 heteroatoms. The van der Waals surface area contributed by atoms with Gasteiger partial charge in [0.2, 0.25) is 0 Å². The summed E-state index contributed by atoms with van der Waals surface area (Å²) in [7, 11) is 0. The molecule has 1 aromatic heterocycles. The maximum atomic E-state index is 6.12. The van der Waals surface area contributed by atoms with Crippen LogP contribution in [0.15, 0.2) is 17.8 Å². The van der Waals surface area contributed by atoms with Crippen LogP contribution in [0.1, 0.15) is 44.7 Å². The van der Waals surface area contributed by atoms with Crippen LogP contribution in [0.4, 0.5) is 0 Å². The number of allylic oxidation sites excluding steroid dienone is 1. The number of hydrogen-bond acceptors (Lipinski definition) is 1. The number of rotatable bonds is 4. The van der Waals surface area contributed by atoms with Crippen LogP contribution < -0.4 is 0 Å². The number of aromatic nitrogens is 2. The summed E-state index contributed by atoms with van der Waals surface area (Å²) in [6, 6.07) is 2.07. The van der Waals surface area contributed by atoms with E-state index >= 15 is 0 Å². The number of halogens is 1. The standard InChI is InChI=1S/C14H21ClN2/c1-2-17-14(8-9-16-17)10-13(11-15)12-6-4-3-5-7-12/h8-10,12H,2-7,11H2,1H3/b13-10-. The minimum Gasteiger partial charge on any atom is -0.266 e. The van der Waals surface area contributed by atoms with E-state index in [1.54, 1.807) is 0 Å². The quantitative estimate of drug-likeness (QED) is 0.738. The van der Waals surface area contributed by atoms with Crippen LogP contribution in [-0.4, -0.2) is 15.7 Å². The molecule has 0 spiro atoms. The highest BCUT2D eigenvalue weighted by Crippen LogP contribution is 2.31. The lowest BCUT2D eigenvalue weighted by molar-refractivity contribution is 0.405. The van der Waals surface area contributed by atoms with Crippen molar-refractivity contribution in [3.63, 3.8) is 0 Å². The fourth-order valence-electron chi connectivity index (χ4n) is 2.66. The molecule has 0 aliphatic heterocycles. The van der Waals surface area contributed by atoms with Crippen molar-refractivity contribution >= 4 is 17.7 Å². The number of alkyl halides is 1. The van der Waals surface area contributed by atoms with Crippen LogP contribution in [0.25, 0.3) is 6.08 Å². The summed E-state index contributed by atoms with van der Waals surface area (Å²) in [5.74, 6) is 1.35. The van der Waals surface area contributed by atoms with Gasteiger partial charge in [-0.3, -0.25) is 4.68 Å². The van der Waals surface area contributed by atoms with Crippen molar-refractivity contribution in [3.8, 4) is 0 Å². The first-order valence-electron chi connectivity index (χ1n) is 6.63. The van der Waals surface area contributed by atoms with Crippen molar-refractivity contribution in [1.29, 1.82) is 0 Å². The van der Waals surface area contributed by atoms with Gasteiger partial charge in [-0.1, -0.05) is 24.8 Å². The molecule has 2 nitrogen and oxygen atoms in total. The van der Waals surface area contributed by atoms with E-state index in [-0.39, 0.29) is 0 Å². The van der Waals surface area contributed by atoms with Crippen LogP contribution in [0.3, 0.4) is 0 Å². The van der Waals surface area contributed by atoms with Gasteiger partial charge < -0.3 is 0 Å². The Kier molecular flexibility index (Phi) is 4.66. The molecule has 1 aliphatic carbocycles. The van der Waals surface area contributed by atoms with Crippen molar-refractivity contribution in [3.05, 3.63) is 23.5 Å². The maximum Gasteiger partial charge on any atom is 0.0609 e. The van der Waals surface area contributed by atoms with Crippen molar-refractivity contribution in [2.45, 2.75) is 45.6 Å². The molecule has 1 saturated carbocycles. The average molecular weight is 253 g/mol. The molecule has 94 valence electrons. The molecule has 0 radical (unpaired) electrons. The predicted octanol–water partition coefficient (Wildman–Crippen LogP) is 4.11. The first-order chi connectivity index (χ1) is 8.35. The molecule has 0 N–H and O–H groups in total. The molecule has 1 aromatic rings. The monoisotopic (exact) mass is 252 g/mol. The van der Waals surface area contributed by atoms with Crippen LogP contribution >= 0.6 is 11.6 Å². The Hall–Kier alpha value is -0.760. The van der Waals surface area contributed by atoms with Crippen LogP contribution in [-0.2, 0) is 6.54 Å². The third kappa shape index (κ3) is 3.12. The van der Waals surface area contributed by atoms with E-state index < -0.39 is 0 Å². The van der Waals surface area contributed by atoms with Gasteiger partial charge in [0.05, 0.1) is 5.69 Å². The zero-order valence-electron chi connectivity index (χ0n) is 10.5. The van der Waals surface area contributed by atoms with Crippen molar-refractivity contribution in [2.75, 3.05) is 5.88 Å². The zero-order chi connectivity index (χ0) is 12.1. The number of aryl methyl sites for hydroxylation is 1. The van der Waals surface area contributed by atoms with Gasteiger partial charge in [0, 0.05) is 18.6 Å². The molecular weight excluding hydrogens is 232 g/mol. The normalized spacial score (nSPS) is 18.6. The largest absolute Gasteiger partial charge is 0.266 e. The van der Waals surface area contributed by atoms with Crippen molar-refractivity contribution < 1.29 is 0 Å². The zero-order valence-corrected chi connectivity index (χ0v) is 11.3. The Morgan fingerprint density at radius 3 is 2.88 bits per heavy atom. The summed E-state index contributed by atoms with van der Waals surface area (Å²) < 4.78 is 2.02. The van der Waals surface area contributed by atoms with E-state index in [9.17, 15) is 0 Å². The Labute approximate surface area is 109 Å². The minimum atomic E-state index is 0.652. The SMILES string of the molecule is CCn1nccc1/C=C(/CCl)C1CCCCC1. The second kappa shape index (κ2) is 6.25. The summed E-state index contributed by atoms with van der Waals surface area (Å²) in [5, 5.41) is 4.30. The summed E-state index contributed by atoms with van der Waals surface area (Å²) >= 11 is 6.12. The molecular formula is C14H21ClN2. The summed E-state index contributed by atoms with van der Waals surface area (Å²) in [4.78, 5) is 0. The van der Waals surface area contributed by atoms with Crippen molar-refractivity contribution in [2.24, 2.45) is 5.92 Å². The second-order valence-electron chi connectivity index (χ2n) is 4.76. The topological polar surface area (TPSA) is 17.8 Å². The third-order valence-electron chi connectivity index (χ3n) is 3.67. The fourth-order valence-corrected chi connectivity index (χ4v) is 2.95. The summed E-state index contributed by atoms with van der Waals surface area (Å²) in [5.41, 5.74) is 2.58. The smallest absolute Gasteiger partial charge is 0.0609 e. The van der Waals surface area contributed by atoms with Gasteiger partial charge in [-0.2, -0.15) is 5.10 Å². The van der Waals surface area contributed by atoms with Crippen LogP contribution in [0.5, 0.6) is 0 Å². The number of hydrogen-bond donors (Lipinski definition) is 0. The average Bonchev–Trinajstić information content (AvgIpc) is 2.84. The maximum absolute atomic E-state index is 6.12. The van der Waals surface area contributed by atoms with E-state index in [0.717, 1.165) is 6.54 Å². The minimum absolute atomic E-state index is 0.652. The van der Waals surface area contributed by atoms with Gasteiger partial charge >= 0.3 is 0 Å². The van der Waals surface area contributed by atoms with Crippen LogP contribution in [0.2, 0.25) is 0 Å². The third-order valence-corrected chi connectivity index (χ3v) is 3.97. The highest BCUT2D eigenvalue weighted by atomic mass is 35.5. The highest BCUT2D eigenvalue weighted by molar-refractivity contribution is 6.19. The predicted molar refractivity (Wildman–Crippen MR) is 73.2 cm³/mol. The highest BCUT2D eigenvalue weighted by Gasteiger charge is 2.17. The molecule has 0 bridgehead atoms. The Bertz CT molecular complexity index is 375. The first kappa shape index (κ1) is 12.7. The molecule has 0 saturated heterocycles. The summed E-state index contributed by atoms with van der Waals surface area (Å²) in [6.45, 7) is 3.03. The van der Waals surface area contributed by atoms with Gasteiger partial charge in [0.15, 0.2) is 0 Å². The lowest BCUT2D eigenvalue weighted by Gasteiger charge is -2.23. The molecule has 2 rings (SSSR count). The molecule has 17 heavy (non-hydrogen) atoms. The van der Waals surface area contributed by atoms with E-state index in [1.807, 2.05) is 10.9 Å². The summed E-state index contributed by atoms with van der Waals surface area (Å²) in [6.07, 6.45) is 10.8. The lowest BCUT2D eigenvalue weighted by atomic mass is 9.84. The van der Waals surface area contributed by atoms with Gasteiger partial charge in [-0.05, 0) is 37.8 Å². The lowest BCUT2D eigenvalue weighted by Crippen LogP contribution is -2.10. The van der Waals surface area contributed by atoms with Crippen molar-refractivity contribution in [1.82, 2.24) is 9.78 Å². The Balaban J connectivity index is 2.16. The molecule has 0 atom stereocenters. The van der Waals surface area contributed by atoms with E-state index in [4.69, 9.17) is 11.6 Å². The van der Waals surface area contributed by atoms with Crippen LogP contribution in [0, 0.1) is 5.92 Å². The van der Waals surface area contributed by atoms with E-state index in [0.29, 0.717) is 11.8 Å². The molecule has 0 aromatic carbocycles. The van der Waals surface area contributed by atoms with Gasteiger partial charge in [0.1, 0.15) is 0 Å². The molecule has 0 amide bonds. The van der Waals surface area contributed by atoms with Gasteiger partial charge in [0.25, 0.3) is 0 Å². The molecule has 1 aliphatic rings. The van der Waals surface area contributed by atoms with Gasteiger partial charge in [-0.15, -0.1) is 11.6 Å². The van der Waals surface area contributed by atoms with E-state index in [1.165, 1.54) is 43.4 Å². The Morgan fingerprint density at radius 1 is 1.47 bits per heavy atom. The fraction of sp³-hybridized carbons (Fsp3) is 0.643. The van der Waals surface area contributed by atoms with Gasteiger partial charge in [-0.25, -0.2) is 0 Å². The second-order valence-corrected chi connectivity index (χ2v) is 5.03. The Morgan fingerprint density at radius 2 is 2.24 bits per heavy atom. The molecule has 1 fully saturated rings. The number of nitrogens with zero attached hydrogens (tertiary/aromatic N) is 2. The molecule has 0 unspecified atom stereocenters. The first-order valence-corrected chi connectivity index (χ1v) is 7.17. The van der Waals surface area contributed by atoms with E-state index in [2.05, 4.69) is 24.2 Å².